The van der Waals surface area contributed by atoms with E-state index in [1.165, 1.54) is 0 Å². The zero-order valence-corrected chi connectivity index (χ0v) is 13.2. The Morgan fingerprint density at radius 2 is 1.83 bits per heavy atom. The highest BCUT2D eigenvalue weighted by Gasteiger charge is 2.22. The van der Waals surface area contributed by atoms with E-state index in [2.05, 4.69) is 6.92 Å². The molecule has 0 aromatic heterocycles. The average Bonchev–Trinajstić information content (AvgIpc) is 3.06. The van der Waals surface area contributed by atoms with Gasteiger partial charge in [-0.2, -0.15) is 0 Å². The second-order valence-electron chi connectivity index (χ2n) is 5.31. The number of aliphatic hydroxyl groups is 1. The Morgan fingerprint density at radius 1 is 1.13 bits per heavy atom. The summed E-state index contributed by atoms with van der Waals surface area (Å²) in [6.07, 6.45) is 0. The van der Waals surface area contributed by atoms with Gasteiger partial charge in [0.2, 0.25) is 6.79 Å². The predicted octanol–water partition coefficient (Wildman–Crippen LogP) is 2.95. The monoisotopic (exact) mass is 316 g/mol. The maximum absolute atomic E-state index is 9.03. The van der Waals surface area contributed by atoms with E-state index in [1.807, 2.05) is 36.4 Å². The maximum atomic E-state index is 9.03. The average molecular weight is 316 g/mol. The van der Waals surface area contributed by atoms with Crippen LogP contribution in [0.3, 0.4) is 0 Å². The number of ether oxygens (including phenoxy) is 4. The highest BCUT2D eigenvalue weighted by Crippen LogP contribution is 2.42. The number of fused-ring (bicyclic) bond motifs is 1. The van der Waals surface area contributed by atoms with Crippen LogP contribution in [0.4, 0.5) is 0 Å². The van der Waals surface area contributed by atoms with Crippen LogP contribution in [0.2, 0.25) is 0 Å². The topological polar surface area (TPSA) is 57.2 Å². The lowest BCUT2D eigenvalue weighted by Crippen LogP contribution is -2.06. The summed E-state index contributed by atoms with van der Waals surface area (Å²) in [5.74, 6) is 3.01. The Bertz CT molecular complexity index is 666. The Hall–Kier alpha value is -2.40. The van der Waals surface area contributed by atoms with Crippen molar-refractivity contribution in [3.05, 3.63) is 47.5 Å². The summed E-state index contributed by atoms with van der Waals surface area (Å²) in [4.78, 5) is 0. The molecule has 0 aliphatic carbocycles. The fraction of sp³-hybridized carbons (Fsp3) is 0.333. The molecule has 5 heteroatoms. The van der Waals surface area contributed by atoms with E-state index >= 15 is 0 Å². The van der Waals surface area contributed by atoms with Gasteiger partial charge in [-0.25, -0.2) is 0 Å². The van der Waals surface area contributed by atoms with Crippen molar-refractivity contribution in [2.75, 3.05) is 27.1 Å². The van der Waals surface area contributed by atoms with Crippen LogP contribution in [0, 0.1) is 0 Å². The van der Waals surface area contributed by atoms with Crippen LogP contribution in [-0.2, 0) is 0 Å². The van der Waals surface area contributed by atoms with E-state index in [1.54, 1.807) is 7.11 Å². The summed E-state index contributed by atoms with van der Waals surface area (Å²) in [7, 11) is 1.65. The molecule has 1 aliphatic heterocycles. The molecule has 0 amide bonds. The summed E-state index contributed by atoms with van der Waals surface area (Å²) in [6.45, 7) is 2.52. The van der Waals surface area contributed by atoms with Crippen LogP contribution in [0.25, 0.3) is 0 Å². The van der Waals surface area contributed by atoms with Gasteiger partial charge < -0.3 is 24.1 Å². The number of hydrogen-bond donors (Lipinski definition) is 1. The Kier molecular flexibility index (Phi) is 4.57. The van der Waals surface area contributed by atoms with E-state index in [9.17, 15) is 0 Å². The minimum Gasteiger partial charge on any atom is -0.497 e. The summed E-state index contributed by atoms with van der Waals surface area (Å²) < 4.78 is 21.8. The predicted molar refractivity (Wildman–Crippen MR) is 85.7 cm³/mol. The Balaban J connectivity index is 1.95. The lowest BCUT2D eigenvalue weighted by atomic mass is 9.92. The van der Waals surface area contributed by atoms with Gasteiger partial charge >= 0.3 is 0 Å². The van der Waals surface area contributed by atoms with Crippen LogP contribution in [0.5, 0.6) is 23.0 Å². The van der Waals surface area contributed by atoms with Crippen LogP contribution >= 0.6 is 0 Å². The molecule has 0 saturated carbocycles. The van der Waals surface area contributed by atoms with Crippen molar-refractivity contribution < 1.29 is 24.1 Å². The van der Waals surface area contributed by atoms with Crippen LogP contribution in [0.15, 0.2) is 36.4 Å². The number of benzene rings is 2. The Morgan fingerprint density at radius 3 is 2.48 bits per heavy atom. The van der Waals surface area contributed by atoms with Crippen molar-refractivity contribution in [1.82, 2.24) is 0 Å². The van der Waals surface area contributed by atoms with E-state index in [0.717, 1.165) is 22.6 Å². The first-order valence-electron chi connectivity index (χ1n) is 7.54. The van der Waals surface area contributed by atoms with Crippen LogP contribution in [0.1, 0.15) is 24.0 Å². The molecular weight excluding hydrogens is 296 g/mol. The molecule has 0 fully saturated rings. The highest BCUT2D eigenvalue weighted by molar-refractivity contribution is 5.54. The molecule has 1 N–H and O–H groups in total. The van der Waals surface area contributed by atoms with Crippen molar-refractivity contribution in [2.45, 2.75) is 12.8 Å². The molecule has 3 rings (SSSR count). The zero-order valence-electron chi connectivity index (χ0n) is 13.2. The van der Waals surface area contributed by atoms with Crippen molar-refractivity contribution in [3.63, 3.8) is 0 Å². The molecule has 1 aliphatic rings. The summed E-state index contributed by atoms with van der Waals surface area (Å²) in [5.41, 5.74) is 2.13. The second kappa shape index (κ2) is 6.79. The quantitative estimate of drug-likeness (QED) is 0.888. The zero-order chi connectivity index (χ0) is 16.2. The van der Waals surface area contributed by atoms with Crippen molar-refractivity contribution >= 4 is 0 Å². The van der Waals surface area contributed by atoms with E-state index in [-0.39, 0.29) is 25.9 Å². The number of aliphatic hydroxyl groups excluding tert-OH is 1. The third-order valence-corrected chi connectivity index (χ3v) is 3.94. The molecular formula is C18H20O5. The molecule has 5 nitrogen and oxygen atoms in total. The molecule has 1 heterocycles. The number of rotatable bonds is 6. The third kappa shape index (κ3) is 3.19. The molecule has 1 atom stereocenters. The first-order chi connectivity index (χ1) is 11.2. The van der Waals surface area contributed by atoms with Gasteiger partial charge in [0.15, 0.2) is 11.5 Å². The van der Waals surface area contributed by atoms with Gasteiger partial charge in [-0.3, -0.25) is 0 Å². The van der Waals surface area contributed by atoms with E-state index < -0.39 is 0 Å². The smallest absolute Gasteiger partial charge is 0.231 e. The first kappa shape index (κ1) is 15.5. The fourth-order valence-electron chi connectivity index (χ4n) is 2.63. The molecule has 0 unspecified atom stereocenters. The largest absolute Gasteiger partial charge is 0.497 e. The van der Waals surface area contributed by atoms with Crippen molar-refractivity contribution in [3.8, 4) is 23.0 Å². The van der Waals surface area contributed by atoms with Crippen LogP contribution < -0.4 is 18.9 Å². The van der Waals surface area contributed by atoms with E-state index in [0.29, 0.717) is 11.5 Å². The van der Waals surface area contributed by atoms with Gasteiger partial charge in [-0.15, -0.1) is 0 Å². The van der Waals surface area contributed by atoms with Gasteiger partial charge in [0, 0.05) is 17.5 Å². The molecule has 2 aromatic carbocycles. The standard InChI is InChI=1S/C18H20O5/c1-12(13-3-5-14(20-2)6-4-13)15-9-17-18(23-11-22-17)10-16(15)21-8-7-19/h3-6,9-10,12,19H,7-8,11H2,1-2H3/t12-/m0/s1. The van der Waals surface area contributed by atoms with Gasteiger partial charge in [-0.05, 0) is 23.8 Å². The van der Waals surface area contributed by atoms with Crippen molar-refractivity contribution in [1.29, 1.82) is 0 Å². The fourth-order valence-corrected chi connectivity index (χ4v) is 2.63. The SMILES string of the molecule is COc1ccc([C@H](C)c2cc3c(cc2OCCO)OCO3)cc1. The molecule has 122 valence electrons. The maximum Gasteiger partial charge on any atom is 0.231 e. The highest BCUT2D eigenvalue weighted by atomic mass is 16.7. The number of hydrogen-bond acceptors (Lipinski definition) is 5. The van der Waals surface area contributed by atoms with E-state index in [4.69, 9.17) is 24.1 Å². The summed E-state index contributed by atoms with van der Waals surface area (Å²) in [6, 6.07) is 11.7. The van der Waals surface area contributed by atoms with Gasteiger partial charge in [0.05, 0.1) is 13.7 Å². The van der Waals surface area contributed by atoms with Gasteiger partial charge in [-0.1, -0.05) is 19.1 Å². The molecule has 0 saturated heterocycles. The van der Waals surface area contributed by atoms with Crippen LogP contribution in [-0.4, -0.2) is 32.2 Å². The van der Waals surface area contributed by atoms with Gasteiger partial charge in [0.25, 0.3) is 0 Å². The van der Waals surface area contributed by atoms with Crippen molar-refractivity contribution in [2.24, 2.45) is 0 Å². The Labute approximate surface area is 135 Å². The first-order valence-corrected chi connectivity index (χ1v) is 7.54. The second-order valence-corrected chi connectivity index (χ2v) is 5.31. The summed E-state index contributed by atoms with van der Waals surface area (Å²) >= 11 is 0. The minimum absolute atomic E-state index is 0.0369. The molecule has 0 bridgehead atoms. The molecule has 2 aromatic rings. The number of methoxy groups -OCH3 is 1. The third-order valence-electron chi connectivity index (χ3n) is 3.94. The normalized spacial score (nSPS) is 13.7. The molecule has 0 spiro atoms. The molecule has 0 radical (unpaired) electrons. The lowest BCUT2D eigenvalue weighted by Gasteiger charge is -2.18. The minimum atomic E-state index is -0.0369. The lowest BCUT2D eigenvalue weighted by molar-refractivity contribution is 0.173. The summed E-state index contributed by atoms with van der Waals surface area (Å²) in [5, 5.41) is 9.03. The molecule has 23 heavy (non-hydrogen) atoms. The van der Waals surface area contributed by atoms with Gasteiger partial charge in [0.1, 0.15) is 18.1 Å².